The summed E-state index contributed by atoms with van der Waals surface area (Å²) in [6.45, 7) is 20.5. The molecular formula is C45H63N3O11. The number of ether oxygens (including phenoxy) is 3. The molecule has 5 N–H and O–H groups in total. The number of nitrogens with two attached hydrogens (primary N) is 1. The Morgan fingerprint density at radius 2 is 1.07 bits per heavy atom. The van der Waals surface area contributed by atoms with E-state index < -0.39 is 17.4 Å². The fourth-order valence-corrected chi connectivity index (χ4v) is 3.99. The van der Waals surface area contributed by atoms with E-state index >= 15 is 0 Å². The molecule has 0 spiro atoms. The van der Waals surface area contributed by atoms with Crippen molar-refractivity contribution in [2.45, 2.75) is 83.1 Å². The van der Waals surface area contributed by atoms with Gasteiger partial charge in [-0.3, -0.25) is 9.59 Å². The molecule has 3 aromatic carbocycles. The number of pyridine rings is 2. The van der Waals surface area contributed by atoms with Crippen LogP contribution in [-0.2, 0) is 28.6 Å². The molecule has 5 aromatic rings. The molecule has 2 aromatic heterocycles. The Balaban J connectivity index is -0.000000326. The van der Waals surface area contributed by atoms with E-state index in [-0.39, 0.29) is 42.7 Å². The summed E-state index contributed by atoms with van der Waals surface area (Å²) in [6.07, 6.45) is 4.96. The van der Waals surface area contributed by atoms with Gasteiger partial charge in [0.1, 0.15) is 11.1 Å². The van der Waals surface area contributed by atoms with Crippen molar-refractivity contribution in [1.29, 1.82) is 0 Å². The van der Waals surface area contributed by atoms with E-state index in [0.717, 1.165) is 5.69 Å². The van der Waals surface area contributed by atoms with Gasteiger partial charge in [-0.1, -0.05) is 98.4 Å². The molecule has 0 aliphatic heterocycles. The second-order valence-corrected chi connectivity index (χ2v) is 9.85. The van der Waals surface area contributed by atoms with Gasteiger partial charge in [-0.15, -0.1) is 0 Å². The molecule has 14 heteroatoms. The quantitative estimate of drug-likeness (QED) is 0.0497. The summed E-state index contributed by atoms with van der Waals surface area (Å²) < 4.78 is 14.6. The highest BCUT2D eigenvalue weighted by Gasteiger charge is 2.13. The number of fused-ring (bicyclic) bond motifs is 2. The maximum atomic E-state index is 11.9. The predicted octanol–water partition coefficient (Wildman–Crippen LogP) is 9.21. The average molecular weight is 822 g/mol. The van der Waals surface area contributed by atoms with Crippen LogP contribution in [0.4, 0.5) is 5.69 Å². The number of esters is 2. The second-order valence-electron chi connectivity index (χ2n) is 9.85. The van der Waals surface area contributed by atoms with Gasteiger partial charge in [-0.2, -0.15) is 9.59 Å². The summed E-state index contributed by atoms with van der Waals surface area (Å²) >= 11 is 0. The van der Waals surface area contributed by atoms with E-state index in [2.05, 4.69) is 9.97 Å². The number of hydrogen-bond donors (Lipinski definition) is 4. The van der Waals surface area contributed by atoms with Crippen molar-refractivity contribution in [2.75, 3.05) is 25.6 Å². The molecule has 2 heterocycles. The van der Waals surface area contributed by atoms with Crippen LogP contribution in [0.3, 0.4) is 0 Å². The van der Waals surface area contributed by atoms with Crippen molar-refractivity contribution in [2.24, 2.45) is 0 Å². The first kappa shape index (κ1) is 58.9. The number of rotatable bonds is 8. The van der Waals surface area contributed by atoms with E-state index in [0.29, 0.717) is 47.0 Å². The van der Waals surface area contributed by atoms with Gasteiger partial charge in [0.05, 0.1) is 31.7 Å². The van der Waals surface area contributed by atoms with Crippen molar-refractivity contribution in [1.82, 2.24) is 9.97 Å². The topological polar surface area (TPSA) is 225 Å². The van der Waals surface area contributed by atoms with Gasteiger partial charge < -0.3 is 35.0 Å². The fraction of sp³-hybridized carbons (Fsp3) is 0.333. The Labute approximate surface area is 347 Å². The number of carbonyl (C=O) groups is 3. The number of benzene rings is 3. The number of H-pyrrole nitrogens is 2. The van der Waals surface area contributed by atoms with Crippen LogP contribution in [0.25, 0.3) is 21.8 Å². The summed E-state index contributed by atoms with van der Waals surface area (Å²) in [5, 5.41) is 9.59. The van der Waals surface area contributed by atoms with Gasteiger partial charge >= 0.3 is 24.1 Å². The third-order valence-electron chi connectivity index (χ3n) is 6.41. The molecule has 0 aliphatic rings. The van der Waals surface area contributed by atoms with Crippen molar-refractivity contribution in [3.63, 3.8) is 0 Å². The highest BCUT2D eigenvalue weighted by atomic mass is 16.5. The van der Waals surface area contributed by atoms with Gasteiger partial charge in [0.25, 0.3) is 0 Å². The standard InChI is InChI=1S/C12H11NO3.C10H7NO3.C9H16O3.C6H7N.3C2H6.CO2.CH4/c1-2-16-12(15)9-7-13-10-6-4-3-5-8(10)11(9)14;12-9-6-3-1-2-4-8(6)11-5-7(9)10(13)14;1-4-8(7-11-5-2)9(10)12-6-3;7-6-4-2-1-3-5-6;3*1-2;2-1-3;/h3-7H,2H2,1H3,(H,13,14);1-5H,(H,11,12)(H,13,14);7H,4-6H2,1-3H3;1-5H,7H2;3*1-2H3;;1H4/b;;8-7-;;;;;;. The van der Waals surface area contributed by atoms with Crippen molar-refractivity contribution < 1.29 is 43.3 Å². The van der Waals surface area contributed by atoms with E-state index in [1.807, 2.05) is 91.8 Å². The monoisotopic (exact) mass is 821 g/mol. The van der Waals surface area contributed by atoms with E-state index in [1.54, 1.807) is 56.3 Å². The summed E-state index contributed by atoms with van der Waals surface area (Å²) in [6, 6.07) is 23.3. The molecule has 59 heavy (non-hydrogen) atoms. The summed E-state index contributed by atoms with van der Waals surface area (Å²) in [7, 11) is 0. The Hall–Kier alpha value is -6.79. The first-order chi connectivity index (χ1) is 28.0. The van der Waals surface area contributed by atoms with Gasteiger partial charge in [0.15, 0.2) is 0 Å². The van der Waals surface area contributed by atoms with E-state index in [1.165, 1.54) is 18.7 Å². The van der Waals surface area contributed by atoms with Crippen LogP contribution >= 0.6 is 0 Å². The number of nitrogens with one attached hydrogen (secondary N) is 2. The van der Waals surface area contributed by atoms with Gasteiger partial charge in [-0.05, 0) is 63.6 Å². The minimum atomic E-state index is -1.21. The predicted molar refractivity (Wildman–Crippen MR) is 235 cm³/mol. The number of aromatic nitrogens is 2. The maximum absolute atomic E-state index is 11.9. The van der Waals surface area contributed by atoms with Crippen molar-refractivity contribution >= 4 is 51.6 Å². The Bertz CT molecular complexity index is 2070. The van der Waals surface area contributed by atoms with Crippen LogP contribution < -0.4 is 16.6 Å². The van der Waals surface area contributed by atoms with Crippen LogP contribution in [0, 0.1) is 0 Å². The largest absolute Gasteiger partial charge is 0.501 e. The third-order valence-corrected chi connectivity index (χ3v) is 6.41. The first-order valence-electron chi connectivity index (χ1n) is 18.9. The molecule has 0 bridgehead atoms. The maximum Gasteiger partial charge on any atom is 0.373 e. The molecule has 0 atom stereocenters. The molecule has 0 unspecified atom stereocenters. The number of nitrogen functional groups attached to an aromatic ring is 1. The zero-order valence-corrected chi connectivity index (χ0v) is 35.2. The molecule has 0 fully saturated rings. The zero-order valence-electron chi connectivity index (χ0n) is 35.2. The highest BCUT2D eigenvalue weighted by Crippen LogP contribution is 2.08. The Kier molecular flexibility index (Phi) is 38.0. The molecule has 0 saturated heterocycles. The lowest BCUT2D eigenvalue weighted by Crippen LogP contribution is -2.17. The normalized spacial score (nSPS) is 8.95. The van der Waals surface area contributed by atoms with Gasteiger partial charge in [0, 0.05) is 39.9 Å². The molecule has 0 radical (unpaired) electrons. The van der Waals surface area contributed by atoms with Crippen LogP contribution in [0.1, 0.15) is 104 Å². The molecule has 5 rings (SSSR count). The summed E-state index contributed by atoms with van der Waals surface area (Å²) in [5.41, 5.74) is 7.17. The fourth-order valence-electron chi connectivity index (χ4n) is 3.99. The molecule has 0 saturated carbocycles. The van der Waals surface area contributed by atoms with Crippen molar-refractivity contribution in [3.8, 4) is 0 Å². The number of hydrogen-bond acceptors (Lipinski definition) is 11. The lowest BCUT2D eigenvalue weighted by molar-refractivity contribution is -0.191. The van der Waals surface area contributed by atoms with E-state index in [4.69, 9.17) is 34.6 Å². The number of para-hydroxylation sites is 3. The van der Waals surface area contributed by atoms with Crippen LogP contribution in [-0.4, -0.2) is 59.0 Å². The zero-order chi connectivity index (χ0) is 44.9. The van der Waals surface area contributed by atoms with Gasteiger partial charge in [-0.25, -0.2) is 14.4 Å². The number of carboxylic acids is 1. The number of carboxylic acid groups (broad SMARTS) is 1. The number of aromatic carboxylic acids is 1. The first-order valence-corrected chi connectivity index (χ1v) is 18.9. The number of carbonyl (C=O) groups excluding carboxylic acids is 4. The Morgan fingerprint density at radius 1 is 0.661 bits per heavy atom. The molecular weight excluding hydrogens is 759 g/mol. The van der Waals surface area contributed by atoms with Crippen molar-refractivity contribution in [3.05, 3.63) is 135 Å². The summed E-state index contributed by atoms with van der Waals surface area (Å²) in [5.74, 6) is -2.08. The van der Waals surface area contributed by atoms with Crippen LogP contribution in [0.2, 0.25) is 0 Å². The van der Waals surface area contributed by atoms with Crippen LogP contribution in [0.5, 0.6) is 0 Å². The Morgan fingerprint density at radius 3 is 1.44 bits per heavy atom. The second kappa shape index (κ2) is 38.1. The third kappa shape index (κ3) is 23.1. The molecule has 0 aliphatic carbocycles. The number of aromatic amines is 2. The minimum absolute atomic E-state index is 0. The smallest absolute Gasteiger partial charge is 0.373 e. The van der Waals surface area contributed by atoms with Crippen LogP contribution in [0.15, 0.2) is 113 Å². The average Bonchev–Trinajstić information content (AvgIpc) is 3.25. The molecule has 0 amide bonds. The SMILES string of the molecule is C.CC.CC.CC.CCO/C=C(/CC)C(=O)OCC.CCOC(=O)c1c[nH]c2ccccc2c1=O.Nc1ccccc1.O=C(O)c1c[nH]c2ccccc2c1=O.O=C=O. The van der Waals surface area contributed by atoms with Gasteiger partial charge in [0.2, 0.25) is 10.9 Å². The molecule has 14 nitrogen and oxygen atoms in total. The highest BCUT2D eigenvalue weighted by molar-refractivity contribution is 5.93. The molecule has 324 valence electrons. The minimum Gasteiger partial charge on any atom is -0.501 e. The van der Waals surface area contributed by atoms with E-state index in [9.17, 15) is 24.0 Å². The lowest BCUT2D eigenvalue weighted by atomic mass is 10.1. The summed E-state index contributed by atoms with van der Waals surface area (Å²) in [4.78, 5) is 78.6. The lowest BCUT2D eigenvalue weighted by Gasteiger charge is -2.03. The number of anilines is 1.